The Kier molecular flexibility index (Phi) is 6.59. The summed E-state index contributed by atoms with van der Waals surface area (Å²) in [5.41, 5.74) is 0. The van der Waals surface area contributed by atoms with Crippen LogP contribution in [0.5, 0.6) is 0 Å². The first-order valence-corrected chi connectivity index (χ1v) is 6.86. The van der Waals surface area contributed by atoms with Gasteiger partial charge in [-0.25, -0.2) is 8.42 Å². The standard InChI is InChI=1S/C10H20O5S/c1-8(10(11)15-4)9(2)16(12,13)7-5-6-14-3/h8-9H,5-7H2,1-4H3. The molecule has 0 aliphatic rings. The minimum Gasteiger partial charge on any atom is -0.469 e. The second-order valence-corrected chi connectivity index (χ2v) is 6.21. The lowest BCUT2D eigenvalue weighted by Gasteiger charge is -2.18. The Balaban J connectivity index is 4.45. The summed E-state index contributed by atoms with van der Waals surface area (Å²) in [5, 5.41) is -0.725. The molecule has 0 saturated heterocycles. The van der Waals surface area contributed by atoms with Gasteiger partial charge in [-0.3, -0.25) is 4.79 Å². The summed E-state index contributed by atoms with van der Waals surface area (Å²) in [4.78, 5) is 11.2. The third-order valence-corrected chi connectivity index (χ3v) is 5.02. The zero-order valence-corrected chi connectivity index (χ0v) is 11.0. The van der Waals surface area contributed by atoms with Crippen LogP contribution in [0.3, 0.4) is 0 Å². The maximum atomic E-state index is 11.8. The van der Waals surface area contributed by atoms with Crippen LogP contribution >= 0.6 is 0 Å². The fraction of sp³-hybridized carbons (Fsp3) is 0.900. The lowest BCUT2D eigenvalue weighted by atomic mass is 10.1. The number of esters is 1. The zero-order chi connectivity index (χ0) is 12.8. The van der Waals surface area contributed by atoms with E-state index in [4.69, 9.17) is 4.74 Å². The van der Waals surface area contributed by atoms with E-state index in [0.717, 1.165) is 0 Å². The number of sulfone groups is 1. The fourth-order valence-corrected chi connectivity index (χ4v) is 2.90. The van der Waals surface area contributed by atoms with E-state index in [2.05, 4.69) is 4.74 Å². The van der Waals surface area contributed by atoms with Crippen LogP contribution in [0.15, 0.2) is 0 Å². The van der Waals surface area contributed by atoms with Crippen LogP contribution in [0.2, 0.25) is 0 Å². The second-order valence-electron chi connectivity index (χ2n) is 3.73. The second kappa shape index (κ2) is 6.85. The van der Waals surface area contributed by atoms with Crippen molar-refractivity contribution in [2.24, 2.45) is 5.92 Å². The highest BCUT2D eigenvalue weighted by atomic mass is 32.2. The van der Waals surface area contributed by atoms with Gasteiger partial charge in [-0.05, 0) is 13.3 Å². The predicted octanol–water partition coefficient (Wildman–Crippen LogP) is 0.635. The highest BCUT2D eigenvalue weighted by molar-refractivity contribution is 7.92. The summed E-state index contributed by atoms with van der Waals surface area (Å²) in [6.45, 7) is 3.49. The van der Waals surface area contributed by atoms with Gasteiger partial charge in [0, 0.05) is 13.7 Å². The van der Waals surface area contributed by atoms with Crippen LogP contribution < -0.4 is 0 Å². The molecule has 0 aliphatic heterocycles. The first-order valence-electron chi connectivity index (χ1n) is 5.15. The van der Waals surface area contributed by atoms with Gasteiger partial charge in [-0.15, -0.1) is 0 Å². The molecule has 2 unspecified atom stereocenters. The number of carbonyl (C=O) groups excluding carboxylic acids is 1. The minimum atomic E-state index is -3.27. The van der Waals surface area contributed by atoms with Gasteiger partial charge >= 0.3 is 5.97 Å². The van der Waals surface area contributed by atoms with Crippen molar-refractivity contribution in [3.8, 4) is 0 Å². The van der Waals surface area contributed by atoms with Gasteiger partial charge in [0.15, 0.2) is 9.84 Å². The molecule has 0 aromatic carbocycles. The molecule has 0 fully saturated rings. The molecule has 0 saturated carbocycles. The van der Waals surface area contributed by atoms with Crippen molar-refractivity contribution in [3.63, 3.8) is 0 Å². The fourth-order valence-electron chi connectivity index (χ4n) is 1.28. The molecule has 0 radical (unpaired) electrons. The molecule has 0 aromatic rings. The third kappa shape index (κ3) is 4.49. The van der Waals surface area contributed by atoms with Crippen molar-refractivity contribution < 1.29 is 22.7 Å². The predicted molar refractivity (Wildman–Crippen MR) is 60.9 cm³/mol. The molecular formula is C10H20O5S. The first kappa shape index (κ1) is 15.4. The Bertz CT molecular complexity index is 309. The van der Waals surface area contributed by atoms with E-state index in [1.807, 2.05) is 0 Å². The summed E-state index contributed by atoms with van der Waals surface area (Å²) < 4.78 is 32.9. The molecule has 0 aromatic heterocycles. The molecule has 96 valence electrons. The molecular weight excluding hydrogens is 232 g/mol. The van der Waals surface area contributed by atoms with E-state index in [1.54, 1.807) is 6.92 Å². The number of hydrogen-bond acceptors (Lipinski definition) is 5. The summed E-state index contributed by atoms with van der Waals surface area (Å²) in [7, 11) is -0.494. The van der Waals surface area contributed by atoms with Crippen molar-refractivity contribution >= 4 is 15.8 Å². The molecule has 0 aliphatic carbocycles. The highest BCUT2D eigenvalue weighted by Crippen LogP contribution is 2.15. The smallest absolute Gasteiger partial charge is 0.309 e. The van der Waals surface area contributed by atoms with Crippen molar-refractivity contribution in [2.45, 2.75) is 25.5 Å². The Labute approximate surface area is 97.0 Å². The molecule has 2 atom stereocenters. The average Bonchev–Trinajstić information content (AvgIpc) is 2.26. The Hall–Kier alpha value is -0.620. The van der Waals surface area contributed by atoms with Crippen LogP contribution in [0.1, 0.15) is 20.3 Å². The highest BCUT2D eigenvalue weighted by Gasteiger charge is 2.31. The van der Waals surface area contributed by atoms with Crippen molar-refractivity contribution in [3.05, 3.63) is 0 Å². The third-order valence-electron chi connectivity index (χ3n) is 2.62. The number of methoxy groups -OCH3 is 2. The quantitative estimate of drug-likeness (QED) is 0.491. The molecule has 0 spiro atoms. The van der Waals surface area contributed by atoms with Gasteiger partial charge < -0.3 is 9.47 Å². The van der Waals surface area contributed by atoms with Gasteiger partial charge in [0.1, 0.15) is 0 Å². The van der Waals surface area contributed by atoms with Crippen LogP contribution in [0.25, 0.3) is 0 Å². The zero-order valence-electron chi connectivity index (χ0n) is 10.2. The van der Waals surface area contributed by atoms with E-state index in [0.29, 0.717) is 13.0 Å². The maximum absolute atomic E-state index is 11.8. The van der Waals surface area contributed by atoms with E-state index in [1.165, 1.54) is 21.1 Å². The normalized spacial score (nSPS) is 15.5. The van der Waals surface area contributed by atoms with Gasteiger partial charge in [0.05, 0.1) is 24.0 Å². The molecule has 0 heterocycles. The number of hydrogen-bond donors (Lipinski definition) is 0. The van der Waals surface area contributed by atoms with Crippen molar-refractivity contribution in [2.75, 3.05) is 26.6 Å². The summed E-state index contributed by atoms with van der Waals surface area (Å²) in [6, 6.07) is 0. The van der Waals surface area contributed by atoms with E-state index < -0.39 is 27.0 Å². The molecule has 0 rings (SSSR count). The Morgan fingerprint density at radius 1 is 1.25 bits per heavy atom. The van der Waals surface area contributed by atoms with Crippen LogP contribution in [-0.2, 0) is 24.1 Å². The first-order chi connectivity index (χ1) is 7.36. The van der Waals surface area contributed by atoms with E-state index in [9.17, 15) is 13.2 Å². The minimum absolute atomic E-state index is 0.0311. The average molecular weight is 252 g/mol. The van der Waals surface area contributed by atoms with Gasteiger partial charge in [0.25, 0.3) is 0 Å². The lowest BCUT2D eigenvalue weighted by molar-refractivity contribution is -0.144. The molecule has 0 N–H and O–H groups in total. The summed E-state index contributed by atoms with van der Waals surface area (Å²) in [5.74, 6) is -1.11. The Morgan fingerprint density at radius 3 is 2.25 bits per heavy atom. The topological polar surface area (TPSA) is 69.7 Å². The summed E-state index contributed by atoms with van der Waals surface area (Å²) in [6.07, 6.45) is 0.442. The number of rotatable bonds is 7. The lowest BCUT2D eigenvalue weighted by Crippen LogP contribution is -2.33. The van der Waals surface area contributed by atoms with E-state index >= 15 is 0 Å². The van der Waals surface area contributed by atoms with Crippen molar-refractivity contribution in [1.29, 1.82) is 0 Å². The van der Waals surface area contributed by atoms with Crippen LogP contribution in [0.4, 0.5) is 0 Å². The van der Waals surface area contributed by atoms with Gasteiger partial charge in [-0.1, -0.05) is 6.92 Å². The molecule has 16 heavy (non-hydrogen) atoms. The van der Waals surface area contributed by atoms with Crippen LogP contribution in [-0.4, -0.2) is 46.2 Å². The summed E-state index contributed by atoms with van der Waals surface area (Å²) >= 11 is 0. The van der Waals surface area contributed by atoms with Crippen molar-refractivity contribution in [1.82, 2.24) is 0 Å². The van der Waals surface area contributed by atoms with Crippen LogP contribution in [0, 0.1) is 5.92 Å². The molecule has 0 bridgehead atoms. The molecule has 6 heteroatoms. The largest absolute Gasteiger partial charge is 0.469 e. The number of carbonyl (C=O) groups is 1. The van der Waals surface area contributed by atoms with Gasteiger partial charge in [-0.2, -0.15) is 0 Å². The maximum Gasteiger partial charge on any atom is 0.309 e. The van der Waals surface area contributed by atoms with E-state index in [-0.39, 0.29) is 5.75 Å². The monoisotopic (exact) mass is 252 g/mol. The molecule has 0 amide bonds. The number of ether oxygens (including phenoxy) is 2. The van der Waals surface area contributed by atoms with Gasteiger partial charge in [0.2, 0.25) is 0 Å². The molecule has 5 nitrogen and oxygen atoms in total. The SMILES string of the molecule is COCCCS(=O)(=O)C(C)C(C)C(=O)OC. The Morgan fingerprint density at radius 2 is 1.81 bits per heavy atom.